The molecular formula is C19H31N5O5S. The van der Waals surface area contributed by atoms with Crippen LogP contribution in [0.3, 0.4) is 0 Å². The topological polar surface area (TPSA) is 133 Å². The van der Waals surface area contributed by atoms with Crippen molar-refractivity contribution in [2.75, 3.05) is 18.1 Å². The second-order valence-corrected chi connectivity index (χ2v) is 10.6. The third-order valence-corrected chi connectivity index (χ3v) is 7.03. The first-order valence-electron chi connectivity index (χ1n) is 10.3. The molecule has 1 saturated carbocycles. The molecule has 3 rings (SSSR count). The third kappa shape index (κ3) is 5.51. The van der Waals surface area contributed by atoms with Gasteiger partial charge in [-0.2, -0.15) is 9.40 Å². The minimum absolute atomic E-state index is 0.0286. The first kappa shape index (κ1) is 22.5. The van der Waals surface area contributed by atoms with Crippen LogP contribution in [-0.2, 0) is 19.6 Å². The summed E-state index contributed by atoms with van der Waals surface area (Å²) in [6.45, 7) is 5.75. The monoisotopic (exact) mass is 441 g/mol. The highest BCUT2D eigenvalue weighted by atomic mass is 32.2. The average molecular weight is 442 g/mol. The summed E-state index contributed by atoms with van der Waals surface area (Å²) in [5.41, 5.74) is 0.887. The fourth-order valence-corrected chi connectivity index (χ4v) is 5.43. The van der Waals surface area contributed by atoms with E-state index >= 15 is 0 Å². The molecule has 2 amide bonds. The summed E-state index contributed by atoms with van der Waals surface area (Å²) in [6, 6.07) is 1.63. The molecule has 1 aromatic heterocycles. The van der Waals surface area contributed by atoms with Crippen LogP contribution in [-0.4, -0.2) is 65.9 Å². The Balaban J connectivity index is 1.52. The molecule has 3 N–H and O–H groups in total. The predicted molar refractivity (Wildman–Crippen MR) is 111 cm³/mol. The molecule has 2 aliphatic rings. The number of carbonyl (C=O) groups excluding carboxylic acids is 2. The minimum atomic E-state index is -3.33. The van der Waals surface area contributed by atoms with Crippen molar-refractivity contribution < 1.29 is 22.7 Å². The van der Waals surface area contributed by atoms with Gasteiger partial charge in [-0.1, -0.05) is 0 Å². The van der Waals surface area contributed by atoms with Crippen molar-refractivity contribution >= 4 is 27.8 Å². The molecule has 168 valence electrons. The Morgan fingerprint density at radius 1 is 1.30 bits per heavy atom. The molecule has 1 aliphatic heterocycles. The third-order valence-electron chi connectivity index (χ3n) is 5.67. The highest BCUT2D eigenvalue weighted by Crippen LogP contribution is 2.36. The van der Waals surface area contributed by atoms with Crippen LogP contribution in [0.15, 0.2) is 6.07 Å². The molecule has 0 spiro atoms. The Morgan fingerprint density at radius 3 is 2.67 bits per heavy atom. The molecule has 2 heterocycles. The van der Waals surface area contributed by atoms with E-state index in [4.69, 9.17) is 4.74 Å². The second kappa shape index (κ2) is 8.93. The number of sulfonamides is 1. The van der Waals surface area contributed by atoms with Gasteiger partial charge in [0.2, 0.25) is 15.9 Å². The number of carbonyl (C=O) groups is 2. The zero-order chi connectivity index (χ0) is 22.1. The van der Waals surface area contributed by atoms with Gasteiger partial charge in [-0.3, -0.25) is 9.89 Å². The van der Waals surface area contributed by atoms with Gasteiger partial charge < -0.3 is 15.4 Å². The van der Waals surface area contributed by atoms with E-state index in [1.54, 1.807) is 13.0 Å². The SMILES string of the molecule is CC(C)NC(=O)O[C@@H]1CC[C@H](c2cc(NC(=O)C3CC(C)N(S(C)(=O)=O)C3)n[nH]2)C1. The first-order valence-corrected chi connectivity index (χ1v) is 12.2. The van der Waals surface area contributed by atoms with Crippen molar-refractivity contribution in [3.05, 3.63) is 11.8 Å². The number of ether oxygens (including phenoxy) is 1. The maximum Gasteiger partial charge on any atom is 0.407 e. The van der Waals surface area contributed by atoms with Crippen LogP contribution in [0.2, 0.25) is 0 Å². The zero-order valence-corrected chi connectivity index (χ0v) is 18.7. The molecule has 30 heavy (non-hydrogen) atoms. The van der Waals surface area contributed by atoms with Crippen molar-refractivity contribution in [3.8, 4) is 0 Å². The quantitative estimate of drug-likeness (QED) is 0.616. The van der Waals surface area contributed by atoms with Crippen molar-refractivity contribution in [2.45, 2.75) is 70.6 Å². The van der Waals surface area contributed by atoms with Gasteiger partial charge in [-0.05, 0) is 46.5 Å². The summed E-state index contributed by atoms with van der Waals surface area (Å²) in [5.74, 6) is -0.0442. The number of hydrogen-bond donors (Lipinski definition) is 3. The van der Waals surface area contributed by atoms with Gasteiger partial charge >= 0.3 is 6.09 Å². The zero-order valence-electron chi connectivity index (χ0n) is 17.8. The van der Waals surface area contributed by atoms with Gasteiger partial charge in [0, 0.05) is 36.3 Å². The van der Waals surface area contributed by atoms with E-state index in [1.165, 1.54) is 4.31 Å². The molecule has 2 fully saturated rings. The van der Waals surface area contributed by atoms with Crippen molar-refractivity contribution in [1.29, 1.82) is 0 Å². The van der Waals surface area contributed by atoms with E-state index in [-0.39, 0.29) is 36.6 Å². The fourth-order valence-electron chi connectivity index (χ4n) is 4.24. The lowest BCUT2D eigenvalue weighted by atomic mass is 10.0. The maximum absolute atomic E-state index is 12.6. The summed E-state index contributed by atoms with van der Waals surface area (Å²) in [4.78, 5) is 24.3. The van der Waals surface area contributed by atoms with Gasteiger partial charge in [0.1, 0.15) is 6.10 Å². The van der Waals surface area contributed by atoms with Gasteiger partial charge in [0.05, 0.1) is 12.2 Å². The van der Waals surface area contributed by atoms with Crippen molar-refractivity contribution in [3.63, 3.8) is 0 Å². The second-order valence-electron chi connectivity index (χ2n) is 8.65. The molecule has 0 aromatic carbocycles. The molecule has 1 aromatic rings. The Kier molecular flexibility index (Phi) is 6.71. The lowest BCUT2D eigenvalue weighted by molar-refractivity contribution is -0.119. The highest BCUT2D eigenvalue weighted by Gasteiger charge is 2.38. The molecule has 1 saturated heterocycles. The average Bonchev–Trinajstić information content (AvgIpc) is 3.32. The van der Waals surface area contributed by atoms with Crippen LogP contribution in [0.5, 0.6) is 0 Å². The number of aromatic nitrogens is 2. The van der Waals surface area contributed by atoms with Crippen molar-refractivity contribution in [1.82, 2.24) is 19.8 Å². The van der Waals surface area contributed by atoms with E-state index in [9.17, 15) is 18.0 Å². The number of alkyl carbamates (subject to hydrolysis) is 1. The smallest absolute Gasteiger partial charge is 0.407 e. The molecular weight excluding hydrogens is 410 g/mol. The van der Waals surface area contributed by atoms with Gasteiger partial charge in [-0.25, -0.2) is 13.2 Å². The fraction of sp³-hybridized carbons (Fsp3) is 0.737. The number of H-pyrrole nitrogens is 1. The van der Waals surface area contributed by atoms with Crippen LogP contribution in [0, 0.1) is 5.92 Å². The van der Waals surface area contributed by atoms with E-state index in [2.05, 4.69) is 20.8 Å². The Bertz CT molecular complexity index is 884. The lowest BCUT2D eigenvalue weighted by Crippen LogP contribution is -2.34. The molecule has 0 bridgehead atoms. The number of rotatable bonds is 6. The van der Waals surface area contributed by atoms with Crippen LogP contribution in [0.25, 0.3) is 0 Å². The molecule has 11 heteroatoms. The van der Waals surface area contributed by atoms with Crippen molar-refractivity contribution in [2.24, 2.45) is 5.92 Å². The largest absolute Gasteiger partial charge is 0.446 e. The first-order chi connectivity index (χ1) is 14.0. The van der Waals surface area contributed by atoms with Crippen LogP contribution >= 0.6 is 0 Å². The Hall–Kier alpha value is -2.14. The maximum atomic E-state index is 12.6. The normalized spacial score (nSPS) is 27.4. The lowest BCUT2D eigenvalue weighted by Gasteiger charge is -2.17. The van der Waals surface area contributed by atoms with E-state index in [1.807, 2.05) is 13.8 Å². The summed E-state index contributed by atoms with van der Waals surface area (Å²) in [5, 5.41) is 12.6. The van der Waals surface area contributed by atoms with E-state index in [0.717, 1.165) is 24.8 Å². The molecule has 2 unspecified atom stereocenters. The number of aromatic amines is 1. The molecule has 1 aliphatic carbocycles. The summed E-state index contributed by atoms with van der Waals surface area (Å²) in [6.07, 6.45) is 3.44. The summed E-state index contributed by atoms with van der Waals surface area (Å²) >= 11 is 0. The Labute approximate surface area is 177 Å². The van der Waals surface area contributed by atoms with Crippen LogP contribution in [0.1, 0.15) is 58.1 Å². The van der Waals surface area contributed by atoms with Crippen LogP contribution in [0.4, 0.5) is 10.6 Å². The number of anilines is 1. The highest BCUT2D eigenvalue weighted by molar-refractivity contribution is 7.88. The predicted octanol–water partition coefficient (Wildman–Crippen LogP) is 1.79. The summed E-state index contributed by atoms with van der Waals surface area (Å²) < 4.78 is 30.4. The van der Waals surface area contributed by atoms with Gasteiger partial charge in [0.15, 0.2) is 5.82 Å². The standard InChI is InChI=1S/C19H31N5O5S/c1-11(2)20-19(26)29-15-6-5-13(8-15)16-9-17(23-22-16)21-18(25)14-7-12(3)24(10-14)30(4,27)28/h9,11-15H,5-8,10H2,1-4H3,(H,20,26)(H2,21,22,23,25)/t12?,13-,14?,15+/m0/s1. The number of amides is 2. The summed E-state index contributed by atoms with van der Waals surface area (Å²) in [7, 11) is -3.33. The van der Waals surface area contributed by atoms with Gasteiger partial charge in [0.25, 0.3) is 0 Å². The number of nitrogens with zero attached hydrogens (tertiary/aromatic N) is 2. The van der Waals surface area contributed by atoms with E-state index in [0.29, 0.717) is 18.7 Å². The molecule has 10 nitrogen and oxygen atoms in total. The molecule has 4 atom stereocenters. The van der Waals surface area contributed by atoms with Crippen LogP contribution < -0.4 is 10.6 Å². The number of hydrogen-bond acceptors (Lipinski definition) is 6. The Morgan fingerprint density at radius 2 is 2.03 bits per heavy atom. The van der Waals surface area contributed by atoms with Gasteiger partial charge in [-0.15, -0.1) is 0 Å². The van der Waals surface area contributed by atoms with E-state index < -0.39 is 22.0 Å². The number of nitrogens with one attached hydrogen (secondary N) is 3. The molecule has 0 radical (unpaired) electrons. The minimum Gasteiger partial charge on any atom is -0.446 e.